The number of carbonyl (C=O) groups excluding carboxylic acids is 1. The van der Waals surface area contributed by atoms with Gasteiger partial charge in [0.1, 0.15) is 30.7 Å². The Morgan fingerprint density at radius 3 is 2.41 bits per heavy atom. The predicted molar refractivity (Wildman–Crippen MR) is 69.6 cm³/mol. The van der Waals surface area contributed by atoms with Crippen molar-refractivity contribution in [2.75, 3.05) is 6.61 Å². The third kappa shape index (κ3) is 2.98. The number of hydrogen-bond acceptors (Lipinski definition) is 9. The molecule has 0 radical (unpaired) electrons. The van der Waals surface area contributed by atoms with Gasteiger partial charge in [-0.05, 0) is 12.1 Å². The molecule has 22 heavy (non-hydrogen) atoms. The Balaban J connectivity index is 2.26. The molecular weight excluding hydrogens is 300 g/mol. The maximum atomic E-state index is 10.7. The van der Waals surface area contributed by atoms with Gasteiger partial charge in [0.05, 0.1) is 6.61 Å². The van der Waals surface area contributed by atoms with Crippen LogP contribution in [0.15, 0.2) is 12.1 Å². The molecule has 0 saturated carbocycles. The largest absolute Gasteiger partial charge is 0.504 e. The zero-order valence-electron chi connectivity index (χ0n) is 11.2. The van der Waals surface area contributed by atoms with Crippen molar-refractivity contribution >= 4 is 6.29 Å². The van der Waals surface area contributed by atoms with E-state index in [1.54, 1.807) is 0 Å². The van der Waals surface area contributed by atoms with E-state index in [2.05, 4.69) is 0 Å². The Morgan fingerprint density at radius 1 is 1.14 bits per heavy atom. The Morgan fingerprint density at radius 2 is 1.82 bits per heavy atom. The fourth-order valence-corrected chi connectivity index (χ4v) is 2.06. The number of aldehydes is 1. The highest BCUT2D eigenvalue weighted by Gasteiger charge is 2.45. The molecule has 6 N–H and O–H groups in total. The number of hydrogen-bond donors (Lipinski definition) is 6. The first-order valence-corrected chi connectivity index (χ1v) is 6.37. The van der Waals surface area contributed by atoms with Crippen LogP contribution in [-0.2, 0) is 4.74 Å². The van der Waals surface area contributed by atoms with Gasteiger partial charge in [-0.1, -0.05) is 0 Å². The number of rotatable bonds is 4. The summed E-state index contributed by atoms with van der Waals surface area (Å²) in [4.78, 5) is 10.7. The number of phenols is 2. The minimum Gasteiger partial charge on any atom is -0.504 e. The van der Waals surface area contributed by atoms with E-state index in [1.165, 1.54) is 0 Å². The van der Waals surface area contributed by atoms with Crippen LogP contribution in [-0.4, -0.2) is 74.2 Å². The molecule has 5 atom stereocenters. The number of benzene rings is 1. The van der Waals surface area contributed by atoms with Crippen LogP contribution in [0.4, 0.5) is 0 Å². The van der Waals surface area contributed by atoms with E-state index in [-0.39, 0.29) is 11.3 Å². The van der Waals surface area contributed by atoms with E-state index in [9.17, 15) is 30.3 Å². The van der Waals surface area contributed by atoms with Gasteiger partial charge in [-0.15, -0.1) is 0 Å². The topological polar surface area (TPSA) is 157 Å². The summed E-state index contributed by atoms with van der Waals surface area (Å²) < 4.78 is 10.2. The van der Waals surface area contributed by atoms with Crippen LogP contribution in [0, 0.1) is 0 Å². The molecule has 1 heterocycles. The number of carbonyl (C=O) groups is 1. The summed E-state index contributed by atoms with van der Waals surface area (Å²) in [5.74, 6) is -1.68. The highest BCUT2D eigenvalue weighted by Crippen LogP contribution is 2.38. The number of aromatic hydroxyl groups is 2. The van der Waals surface area contributed by atoms with Crippen LogP contribution < -0.4 is 4.74 Å². The zero-order valence-corrected chi connectivity index (χ0v) is 11.2. The highest BCUT2D eigenvalue weighted by atomic mass is 16.7. The van der Waals surface area contributed by atoms with Gasteiger partial charge in [-0.25, -0.2) is 0 Å². The molecule has 0 bridgehead atoms. The fraction of sp³-hybridized carbons (Fsp3) is 0.462. The lowest BCUT2D eigenvalue weighted by Crippen LogP contribution is -2.60. The van der Waals surface area contributed by atoms with E-state index in [0.717, 1.165) is 12.1 Å². The maximum Gasteiger partial charge on any atom is 0.229 e. The second-order valence-electron chi connectivity index (χ2n) is 4.82. The molecule has 1 saturated heterocycles. The van der Waals surface area contributed by atoms with E-state index >= 15 is 0 Å². The molecule has 2 rings (SSSR count). The quantitative estimate of drug-likeness (QED) is 0.275. The monoisotopic (exact) mass is 316 g/mol. The molecule has 0 aromatic heterocycles. The lowest BCUT2D eigenvalue weighted by Gasteiger charge is -2.39. The molecule has 0 amide bonds. The van der Waals surface area contributed by atoms with Crippen molar-refractivity contribution in [3.63, 3.8) is 0 Å². The van der Waals surface area contributed by atoms with Crippen LogP contribution in [0.1, 0.15) is 10.4 Å². The van der Waals surface area contributed by atoms with Crippen molar-refractivity contribution in [1.82, 2.24) is 0 Å². The van der Waals surface area contributed by atoms with Crippen LogP contribution in [0.2, 0.25) is 0 Å². The molecule has 0 aliphatic carbocycles. The van der Waals surface area contributed by atoms with Gasteiger partial charge >= 0.3 is 0 Å². The summed E-state index contributed by atoms with van der Waals surface area (Å²) in [7, 11) is 0. The van der Waals surface area contributed by atoms with Crippen molar-refractivity contribution in [2.24, 2.45) is 0 Å². The SMILES string of the molecule is O=Cc1cc(O)c(O)c(O[C@@H]2O[C@H](CO)[C@@H](O)[C@H](O)[C@H]2O)c1. The van der Waals surface area contributed by atoms with Gasteiger partial charge in [0.15, 0.2) is 11.5 Å². The zero-order chi connectivity index (χ0) is 16.4. The number of aliphatic hydroxyl groups excluding tert-OH is 4. The molecule has 122 valence electrons. The third-order valence-corrected chi connectivity index (χ3v) is 3.30. The average molecular weight is 316 g/mol. The summed E-state index contributed by atoms with van der Waals surface area (Å²) in [6.07, 6.45) is -7.21. The van der Waals surface area contributed by atoms with Crippen molar-refractivity contribution < 1.29 is 44.9 Å². The Kier molecular flexibility index (Phi) is 4.84. The molecule has 1 aliphatic rings. The third-order valence-electron chi connectivity index (χ3n) is 3.30. The van der Waals surface area contributed by atoms with E-state index in [1.807, 2.05) is 0 Å². The number of aliphatic hydroxyl groups is 4. The van der Waals surface area contributed by atoms with Crippen molar-refractivity contribution in [3.05, 3.63) is 17.7 Å². The average Bonchev–Trinajstić information content (AvgIpc) is 2.51. The molecule has 9 nitrogen and oxygen atoms in total. The molecular formula is C13H16O9. The lowest BCUT2D eigenvalue weighted by molar-refractivity contribution is -0.277. The van der Waals surface area contributed by atoms with Gasteiger partial charge in [0.25, 0.3) is 0 Å². The van der Waals surface area contributed by atoms with Crippen LogP contribution in [0.25, 0.3) is 0 Å². The van der Waals surface area contributed by atoms with Gasteiger partial charge in [0, 0.05) is 5.56 Å². The van der Waals surface area contributed by atoms with Crippen molar-refractivity contribution in [1.29, 1.82) is 0 Å². The molecule has 1 aromatic carbocycles. The summed E-state index contributed by atoms with van der Waals surface area (Å²) in [5.41, 5.74) is -0.00473. The molecule has 1 aliphatic heterocycles. The molecule has 9 heteroatoms. The van der Waals surface area contributed by atoms with Crippen LogP contribution in [0.5, 0.6) is 17.2 Å². The Hall–Kier alpha value is -1.91. The summed E-state index contributed by atoms with van der Waals surface area (Å²) in [6.45, 7) is -0.642. The summed E-state index contributed by atoms with van der Waals surface area (Å²) in [5, 5.41) is 57.3. The first kappa shape index (κ1) is 16.5. The summed E-state index contributed by atoms with van der Waals surface area (Å²) >= 11 is 0. The number of ether oxygens (including phenoxy) is 2. The smallest absolute Gasteiger partial charge is 0.229 e. The van der Waals surface area contributed by atoms with Crippen LogP contribution >= 0.6 is 0 Å². The maximum absolute atomic E-state index is 10.7. The minimum atomic E-state index is -1.68. The van der Waals surface area contributed by atoms with Crippen LogP contribution in [0.3, 0.4) is 0 Å². The Bertz CT molecular complexity index is 545. The van der Waals surface area contributed by atoms with Gasteiger partial charge in [0.2, 0.25) is 12.0 Å². The first-order chi connectivity index (χ1) is 10.4. The van der Waals surface area contributed by atoms with Gasteiger partial charge in [-0.2, -0.15) is 0 Å². The summed E-state index contributed by atoms with van der Waals surface area (Å²) in [6, 6.07) is 2.09. The van der Waals surface area contributed by atoms with Crippen molar-refractivity contribution in [3.8, 4) is 17.2 Å². The normalized spacial score (nSPS) is 31.7. The predicted octanol–water partition coefficient (Wildman–Crippen LogP) is -1.91. The minimum absolute atomic E-state index is 0.00473. The lowest BCUT2D eigenvalue weighted by atomic mass is 9.99. The fourth-order valence-electron chi connectivity index (χ4n) is 2.06. The van der Waals surface area contributed by atoms with E-state index < -0.39 is 48.8 Å². The van der Waals surface area contributed by atoms with E-state index in [4.69, 9.17) is 14.6 Å². The number of phenolic OH excluding ortho intramolecular Hbond substituents is 2. The van der Waals surface area contributed by atoms with Crippen molar-refractivity contribution in [2.45, 2.75) is 30.7 Å². The Labute approximate surface area is 124 Å². The second-order valence-corrected chi connectivity index (χ2v) is 4.82. The van der Waals surface area contributed by atoms with Gasteiger partial charge in [-0.3, -0.25) is 4.79 Å². The highest BCUT2D eigenvalue weighted by molar-refractivity contribution is 5.78. The van der Waals surface area contributed by atoms with E-state index in [0.29, 0.717) is 6.29 Å². The first-order valence-electron chi connectivity index (χ1n) is 6.37. The standard InChI is InChI=1S/C13H16O9/c14-3-5-1-6(16)9(17)7(2-5)21-13-12(20)11(19)10(18)8(4-15)22-13/h1-3,8,10-13,15-20H,4H2/t8-,10-,11+,12-,13-/m1/s1. The molecule has 0 unspecified atom stereocenters. The molecule has 1 aromatic rings. The molecule has 1 fully saturated rings. The second kappa shape index (κ2) is 6.46. The molecule has 0 spiro atoms. The van der Waals surface area contributed by atoms with Gasteiger partial charge < -0.3 is 40.1 Å².